The molecule has 0 fully saturated rings. The Kier molecular flexibility index (Phi) is 5.43. The van der Waals surface area contributed by atoms with Gasteiger partial charge in [-0.2, -0.15) is 0 Å². The highest BCUT2D eigenvalue weighted by atomic mass is 16.5. The molecule has 86 valence electrons. The molecule has 15 heavy (non-hydrogen) atoms. The summed E-state index contributed by atoms with van der Waals surface area (Å²) in [6, 6.07) is 4.04. The van der Waals surface area contributed by atoms with E-state index in [1.165, 1.54) is 0 Å². The van der Waals surface area contributed by atoms with Crippen molar-refractivity contribution >= 4 is 0 Å². The minimum absolute atomic E-state index is 0.345. The number of hydrogen-bond donors (Lipinski definition) is 1. The maximum Gasteiger partial charge on any atom is 0.158 e. The lowest BCUT2D eigenvalue weighted by Gasteiger charge is -2.05. The Balaban J connectivity index is 1.98. The van der Waals surface area contributed by atoms with Gasteiger partial charge in [-0.1, -0.05) is 0 Å². The number of ether oxygens (including phenoxy) is 1. The minimum atomic E-state index is 0.345. The first-order chi connectivity index (χ1) is 7.18. The van der Waals surface area contributed by atoms with E-state index in [0.717, 1.165) is 37.6 Å². The van der Waals surface area contributed by atoms with Gasteiger partial charge in [0.2, 0.25) is 0 Å². The molecule has 1 aromatic heterocycles. The van der Waals surface area contributed by atoms with Crippen molar-refractivity contribution in [2.24, 2.45) is 0 Å². The van der Waals surface area contributed by atoms with E-state index in [1.807, 2.05) is 19.1 Å². The van der Waals surface area contributed by atoms with Gasteiger partial charge in [0.15, 0.2) is 5.76 Å². The third-order valence-corrected chi connectivity index (χ3v) is 2.15. The third kappa shape index (κ3) is 5.60. The van der Waals surface area contributed by atoms with Crippen molar-refractivity contribution in [2.45, 2.75) is 39.8 Å². The van der Waals surface area contributed by atoms with E-state index < -0.39 is 0 Å². The molecule has 0 aliphatic rings. The summed E-state index contributed by atoms with van der Waals surface area (Å²) < 4.78 is 10.9. The normalized spacial score (nSPS) is 11.2. The number of hydrogen-bond acceptors (Lipinski definition) is 2. The second kappa shape index (κ2) is 6.64. The predicted octanol–water partition coefficient (Wildman–Crippen LogP) is 1.47. The summed E-state index contributed by atoms with van der Waals surface area (Å²) in [6.45, 7) is 8.97. The Morgan fingerprint density at radius 1 is 1.40 bits per heavy atom. The lowest BCUT2D eigenvalue weighted by Crippen LogP contribution is -2.82. The maximum atomic E-state index is 5.47. The Labute approximate surface area is 91.8 Å². The molecule has 1 rings (SSSR count). The molecule has 0 aliphatic carbocycles. The summed E-state index contributed by atoms with van der Waals surface area (Å²) >= 11 is 0. The van der Waals surface area contributed by atoms with Crippen LogP contribution in [-0.2, 0) is 11.3 Å². The van der Waals surface area contributed by atoms with Crippen molar-refractivity contribution < 1.29 is 14.5 Å². The molecule has 0 bridgehead atoms. The Morgan fingerprint density at radius 3 is 2.80 bits per heavy atom. The van der Waals surface area contributed by atoms with Gasteiger partial charge in [-0.05, 0) is 32.9 Å². The summed E-state index contributed by atoms with van der Waals surface area (Å²) in [5.74, 6) is 2.04. The molecule has 0 saturated heterocycles. The van der Waals surface area contributed by atoms with Gasteiger partial charge in [0, 0.05) is 6.42 Å². The average molecular weight is 212 g/mol. The second-order valence-electron chi connectivity index (χ2n) is 4.07. The summed E-state index contributed by atoms with van der Waals surface area (Å²) in [5, 5.41) is 2.25. The number of rotatable bonds is 7. The van der Waals surface area contributed by atoms with E-state index >= 15 is 0 Å². The molecular formula is C12H22NO2+. The lowest BCUT2D eigenvalue weighted by molar-refractivity contribution is -0.672. The zero-order valence-corrected chi connectivity index (χ0v) is 9.95. The van der Waals surface area contributed by atoms with E-state index in [1.54, 1.807) is 0 Å². The molecule has 0 radical (unpaired) electrons. The quantitative estimate of drug-likeness (QED) is 0.695. The van der Waals surface area contributed by atoms with Crippen LogP contribution in [0.1, 0.15) is 31.8 Å². The lowest BCUT2D eigenvalue weighted by atomic mass is 10.4. The Hall–Kier alpha value is -0.800. The summed E-state index contributed by atoms with van der Waals surface area (Å²) in [5.41, 5.74) is 0. The van der Waals surface area contributed by atoms with Gasteiger partial charge < -0.3 is 14.5 Å². The van der Waals surface area contributed by atoms with Crippen molar-refractivity contribution in [3.05, 3.63) is 23.7 Å². The highest BCUT2D eigenvalue weighted by Crippen LogP contribution is 2.03. The SMILES string of the molecule is Cc1ccc(C[NH2+]CCCOC(C)C)o1. The first-order valence-electron chi connectivity index (χ1n) is 5.67. The molecule has 0 unspecified atom stereocenters. The number of nitrogens with two attached hydrogens (primary N) is 1. The van der Waals surface area contributed by atoms with E-state index in [4.69, 9.17) is 9.15 Å². The van der Waals surface area contributed by atoms with Crippen LogP contribution in [0.2, 0.25) is 0 Å². The summed E-state index contributed by atoms with van der Waals surface area (Å²) in [7, 11) is 0. The second-order valence-corrected chi connectivity index (χ2v) is 4.07. The largest absolute Gasteiger partial charge is 0.460 e. The van der Waals surface area contributed by atoms with Crippen LogP contribution in [0.25, 0.3) is 0 Å². The summed E-state index contributed by atoms with van der Waals surface area (Å²) in [6.07, 6.45) is 1.44. The van der Waals surface area contributed by atoms with Crippen LogP contribution >= 0.6 is 0 Å². The maximum absolute atomic E-state index is 5.47. The molecule has 0 aromatic carbocycles. The molecule has 0 spiro atoms. The minimum Gasteiger partial charge on any atom is -0.460 e. The topological polar surface area (TPSA) is 39.0 Å². The van der Waals surface area contributed by atoms with Crippen molar-refractivity contribution in [3.8, 4) is 0 Å². The van der Waals surface area contributed by atoms with Gasteiger partial charge in [-0.15, -0.1) is 0 Å². The Morgan fingerprint density at radius 2 is 2.20 bits per heavy atom. The van der Waals surface area contributed by atoms with Crippen molar-refractivity contribution in [2.75, 3.05) is 13.2 Å². The van der Waals surface area contributed by atoms with Crippen LogP contribution < -0.4 is 5.32 Å². The van der Waals surface area contributed by atoms with Gasteiger partial charge in [-0.3, -0.25) is 0 Å². The van der Waals surface area contributed by atoms with E-state index in [9.17, 15) is 0 Å². The standard InChI is InChI=1S/C12H21NO2/c1-10(2)14-8-4-7-13-9-12-6-5-11(3)15-12/h5-6,10,13H,4,7-9H2,1-3H3/p+1. The smallest absolute Gasteiger partial charge is 0.158 e. The molecular weight excluding hydrogens is 190 g/mol. The number of furan rings is 1. The van der Waals surface area contributed by atoms with Crippen LogP contribution in [0.5, 0.6) is 0 Å². The summed E-state index contributed by atoms with van der Waals surface area (Å²) in [4.78, 5) is 0. The van der Waals surface area contributed by atoms with E-state index in [2.05, 4.69) is 19.2 Å². The van der Waals surface area contributed by atoms with Crippen LogP contribution in [0.3, 0.4) is 0 Å². The van der Waals surface area contributed by atoms with E-state index in [0.29, 0.717) is 6.10 Å². The first kappa shape index (κ1) is 12.3. The zero-order valence-electron chi connectivity index (χ0n) is 9.95. The van der Waals surface area contributed by atoms with Crippen LogP contribution in [0.4, 0.5) is 0 Å². The highest BCUT2D eigenvalue weighted by molar-refractivity contribution is 5.03. The van der Waals surface area contributed by atoms with Crippen LogP contribution in [-0.4, -0.2) is 19.3 Å². The fourth-order valence-electron chi connectivity index (χ4n) is 1.39. The zero-order chi connectivity index (χ0) is 11.1. The molecule has 0 atom stereocenters. The van der Waals surface area contributed by atoms with Gasteiger partial charge in [0.1, 0.15) is 12.3 Å². The van der Waals surface area contributed by atoms with Crippen molar-refractivity contribution in [3.63, 3.8) is 0 Å². The molecule has 3 nitrogen and oxygen atoms in total. The predicted molar refractivity (Wildman–Crippen MR) is 59.6 cm³/mol. The van der Waals surface area contributed by atoms with Crippen LogP contribution in [0, 0.1) is 6.92 Å². The number of aryl methyl sites for hydroxylation is 1. The molecule has 0 amide bonds. The highest BCUT2D eigenvalue weighted by Gasteiger charge is 2.00. The third-order valence-electron chi connectivity index (χ3n) is 2.15. The molecule has 0 aliphatic heterocycles. The first-order valence-corrected chi connectivity index (χ1v) is 5.67. The monoisotopic (exact) mass is 212 g/mol. The fourth-order valence-corrected chi connectivity index (χ4v) is 1.39. The molecule has 0 saturated carbocycles. The van der Waals surface area contributed by atoms with Crippen molar-refractivity contribution in [1.29, 1.82) is 0 Å². The van der Waals surface area contributed by atoms with Crippen molar-refractivity contribution in [1.82, 2.24) is 0 Å². The average Bonchev–Trinajstić information content (AvgIpc) is 2.57. The molecule has 1 aromatic rings. The van der Waals surface area contributed by atoms with Gasteiger partial charge in [-0.25, -0.2) is 0 Å². The van der Waals surface area contributed by atoms with Crippen LogP contribution in [0.15, 0.2) is 16.5 Å². The molecule has 1 heterocycles. The number of quaternary nitrogens is 1. The molecule has 3 heteroatoms. The van der Waals surface area contributed by atoms with Gasteiger partial charge in [0.05, 0.1) is 19.3 Å². The molecule has 2 N–H and O–H groups in total. The van der Waals surface area contributed by atoms with E-state index in [-0.39, 0.29) is 0 Å². The fraction of sp³-hybridized carbons (Fsp3) is 0.667. The van der Waals surface area contributed by atoms with Gasteiger partial charge >= 0.3 is 0 Å². The van der Waals surface area contributed by atoms with Gasteiger partial charge in [0.25, 0.3) is 0 Å². The Bertz CT molecular complexity index is 268.